The fourth-order valence-electron chi connectivity index (χ4n) is 3.63. The van der Waals surface area contributed by atoms with Crippen LogP contribution in [0.15, 0.2) is 24.3 Å². The van der Waals surface area contributed by atoms with E-state index < -0.39 is 0 Å². The minimum atomic E-state index is -0.133. The van der Waals surface area contributed by atoms with Gasteiger partial charge in [0.2, 0.25) is 0 Å². The molecule has 0 aliphatic rings. The number of anilines is 1. The van der Waals surface area contributed by atoms with Crippen molar-refractivity contribution in [1.82, 2.24) is 0 Å². The number of unbranched alkanes of at least 4 members (excludes halogenated alkanes) is 8. The summed E-state index contributed by atoms with van der Waals surface area (Å²) in [4.78, 5) is 11.7. The molecule has 0 saturated heterocycles. The minimum absolute atomic E-state index is 0.133. The summed E-state index contributed by atoms with van der Waals surface area (Å²) in [6.07, 6.45) is 11.6. The molecule has 0 spiro atoms. The molecule has 226 valence electrons. The standard InChI is InChI=1S/C30H53NO8/c1-2-3-4-5-6-7-8-9-10-11-30(32)39-27-25-37-23-21-35-19-17-33-16-18-34-20-22-36-24-26-38-29-14-12-28(31)13-15-29/h12-15H,2-11,16-27,31H2,1H3. The number of hydrogen-bond acceptors (Lipinski definition) is 9. The van der Waals surface area contributed by atoms with E-state index in [2.05, 4.69) is 6.92 Å². The van der Waals surface area contributed by atoms with Gasteiger partial charge < -0.3 is 38.9 Å². The third kappa shape index (κ3) is 24.8. The predicted molar refractivity (Wildman–Crippen MR) is 153 cm³/mol. The summed E-state index contributed by atoms with van der Waals surface area (Å²) in [7, 11) is 0. The molecule has 0 aliphatic carbocycles. The molecule has 0 atom stereocenters. The maximum atomic E-state index is 11.7. The highest BCUT2D eigenvalue weighted by atomic mass is 16.6. The topological polar surface area (TPSA) is 108 Å². The molecule has 2 N–H and O–H groups in total. The van der Waals surface area contributed by atoms with Gasteiger partial charge >= 0.3 is 5.97 Å². The lowest BCUT2D eigenvalue weighted by Gasteiger charge is -2.09. The SMILES string of the molecule is CCCCCCCCCCCC(=O)OCCOCCOCCOCCOCCOCCOc1ccc(N)cc1. The second-order valence-electron chi connectivity index (χ2n) is 9.28. The number of nitrogens with two attached hydrogens (primary N) is 1. The van der Waals surface area contributed by atoms with E-state index in [4.69, 9.17) is 38.9 Å². The Bertz CT molecular complexity index is 659. The maximum Gasteiger partial charge on any atom is 0.305 e. The van der Waals surface area contributed by atoms with Crippen LogP contribution in [0.2, 0.25) is 0 Å². The average molecular weight is 556 g/mol. The molecule has 0 amide bonds. The van der Waals surface area contributed by atoms with Gasteiger partial charge in [-0.05, 0) is 30.7 Å². The molecule has 0 aliphatic heterocycles. The summed E-state index contributed by atoms with van der Waals surface area (Å²) < 4.78 is 38.0. The predicted octanol–water partition coefficient (Wildman–Crippen LogP) is 5.19. The highest BCUT2D eigenvalue weighted by molar-refractivity contribution is 5.69. The van der Waals surface area contributed by atoms with Crippen LogP contribution in [0.3, 0.4) is 0 Å². The van der Waals surface area contributed by atoms with Gasteiger partial charge in [0, 0.05) is 12.1 Å². The fraction of sp³-hybridized carbons (Fsp3) is 0.767. The van der Waals surface area contributed by atoms with Crippen molar-refractivity contribution in [2.75, 3.05) is 85.0 Å². The molecule has 9 heteroatoms. The lowest BCUT2D eigenvalue weighted by atomic mass is 10.1. The zero-order valence-corrected chi connectivity index (χ0v) is 24.2. The van der Waals surface area contributed by atoms with Crippen LogP contribution in [0.4, 0.5) is 5.69 Å². The highest BCUT2D eigenvalue weighted by Crippen LogP contribution is 2.13. The lowest BCUT2D eigenvalue weighted by molar-refractivity contribution is -0.145. The van der Waals surface area contributed by atoms with Crippen molar-refractivity contribution in [3.05, 3.63) is 24.3 Å². The molecular weight excluding hydrogens is 502 g/mol. The summed E-state index contributed by atoms with van der Waals surface area (Å²) in [5.74, 6) is 0.640. The van der Waals surface area contributed by atoms with Gasteiger partial charge in [0.25, 0.3) is 0 Å². The van der Waals surface area contributed by atoms with Crippen LogP contribution in [-0.2, 0) is 33.2 Å². The molecule has 0 aromatic heterocycles. The van der Waals surface area contributed by atoms with E-state index in [-0.39, 0.29) is 5.97 Å². The van der Waals surface area contributed by atoms with E-state index in [1.807, 2.05) is 12.1 Å². The van der Waals surface area contributed by atoms with E-state index in [1.165, 1.54) is 44.9 Å². The van der Waals surface area contributed by atoms with E-state index in [1.54, 1.807) is 12.1 Å². The molecule has 0 saturated carbocycles. The highest BCUT2D eigenvalue weighted by Gasteiger charge is 2.03. The first-order valence-corrected chi connectivity index (χ1v) is 14.7. The third-order valence-electron chi connectivity index (χ3n) is 5.84. The quantitative estimate of drug-likeness (QED) is 0.0811. The number of esters is 1. The zero-order chi connectivity index (χ0) is 28.1. The van der Waals surface area contributed by atoms with Crippen LogP contribution in [0.25, 0.3) is 0 Å². The normalized spacial score (nSPS) is 11.1. The van der Waals surface area contributed by atoms with Gasteiger partial charge in [-0.3, -0.25) is 4.79 Å². The number of carbonyl (C=O) groups is 1. The first kappa shape index (κ1) is 35.1. The van der Waals surface area contributed by atoms with Crippen molar-refractivity contribution >= 4 is 11.7 Å². The van der Waals surface area contributed by atoms with E-state index in [9.17, 15) is 4.79 Å². The molecule has 0 bridgehead atoms. The van der Waals surface area contributed by atoms with Crippen molar-refractivity contribution in [2.45, 2.75) is 71.1 Å². The van der Waals surface area contributed by atoms with Gasteiger partial charge in [-0.1, -0.05) is 58.3 Å². The summed E-state index contributed by atoms with van der Waals surface area (Å²) >= 11 is 0. The number of hydrogen-bond donors (Lipinski definition) is 1. The van der Waals surface area contributed by atoms with Crippen LogP contribution in [0.1, 0.15) is 71.1 Å². The van der Waals surface area contributed by atoms with Crippen molar-refractivity contribution < 1.29 is 38.0 Å². The Hall–Kier alpha value is -1.91. The van der Waals surface area contributed by atoms with Gasteiger partial charge in [-0.25, -0.2) is 0 Å². The van der Waals surface area contributed by atoms with Gasteiger partial charge in [-0.2, -0.15) is 0 Å². The molecule has 0 heterocycles. The Balaban J connectivity index is 1.69. The van der Waals surface area contributed by atoms with Gasteiger partial charge in [0.1, 0.15) is 19.0 Å². The molecule has 0 fully saturated rings. The first-order chi connectivity index (χ1) is 19.2. The molecule has 1 aromatic rings. The van der Waals surface area contributed by atoms with Crippen LogP contribution in [0, 0.1) is 0 Å². The molecular formula is C30H53NO8. The van der Waals surface area contributed by atoms with E-state index in [0.29, 0.717) is 91.4 Å². The van der Waals surface area contributed by atoms with Gasteiger partial charge in [-0.15, -0.1) is 0 Å². The lowest BCUT2D eigenvalue weighted by Crippen LogP contribution is -2.15. The average Bonchev–Trinajstić information content (AvgIpc) is 2.94. The van der Waals surface area contributed by atoms with Crippen LogP contribution < -0.4 is 10.5 Å². The van der Waals surface area contributed by atoms with Crippen molar-refractivity contribution in [2.24, 2.45) is 0 Å². The number of rotatable bonds is 29. The second kappa shape index (κ2) is 27.6. The number of carbonyl (C=O) groups excluding carboxylic acids is 1. The summed E-state index contributed by atoms with van der Waals surface area (Å²) in [6.45, 7) is 7.85. The number of benzene rings is 1. The van der Waals surface area contributed by atoms with E-state index >= 15 is 0 Å². The van der Waals surface area contributed by atoms with Crippen molar-refractivity contribution in [1.29, 1.82) is 0 Å². The van der Waals surface area contributed by atoms with Crippen molar-refractivity contribution in [3.63, 3.8) is 0 Å². The van der Waals surface area contributed by atoms with Gasteiger partial charge in [0.05, 0.1) is 66.1 Å². The Kier molecular flexibility index (Phi) is 24.9. The van der Waals surface area contributed by atoms with Crippen LogP contribution in [-0.4, -0.2) is 85.3 Å². The Labute approximate surface area is 235 Å². The van der Waals surface area contributed by atoms with Crippen LogP contribution >= 0.6 is 0 Å². The smallest absolute Gasteiger partial charge is 0.305 e. The van der Waals surface area contributed by atoms with Gasteiger partial charge in [0.15, 0.2) is 0 Å². The molecule has 1 aromatic carbocycles. The second-order valence-corrected chi connectivity index (χ2v) is 9.28. The Morgan fingerprint density at radius 1 is 0.564 bits per heavy atom. The number of ether oxygens (including phenoxy) is 7. The summed E-state index contributed by atoms with van der Waals surface area (Å²) in [6, 6.07) is 7.27. The third-order valence-corrected chi connectivity index (χ3v) is 5.84. The monoisotopic (exact) mass is 555 g/mol. The molecule has 0 unspecified atom stereocenters. The molecule has 1 rings (SSSR count). The summed E-state index contributed by atoms with van der Waals surface area (Å²) in [5, 5.41) is 0. The van der Waals surface area contributed by atoms with Crippen molar-refractivity contribution in [3.8, 4) is 5.75 Å². The Morgan fingerprint density at radius 3 is 1.46 bits per heavy atom. The first-order valence-electron chi connectivity index (χ1n) is 14.7. The van der Waals surface area contributed by atoms with E-state index in [0.717, 1.165) is 18.6 Å². The number of nitrogen functional groups attached to an aromatic ring is 1. The zero-order valence-electron chi connectivity index (χ0n) is 24.2. The minimum Gasteiger partial charge on any atom is -0.491 e. The maximum absolute atomic E-state index is 11.7. The largest absolute Gasteiger partial charge is 0.491 e. The Morgan fingerprint density at radius 2 is 0.974 bits per heavy atom. The van der Waals surface area contributed by atoms with Crippen LogP contribution in [0.5, 0.6) is 5.75 Å². The molecule has 0 radical (unpaired) electrons. The fourth-order valence-corrected chi connectivity index (χ4v) is 3.63. The molecule has 39 heavy (non-hydrogen) atoms. The molecule has 9 nitrogen and oxygen atoms in total. The summed E-state index contributed by atoms with van der Waals surface area (Å²) in [5.41, 5.74) is 6.35.